The van der Waals surface area contributed by atoms with E-state index in [1.165, 1.54) is 141 Å². The second-order valence-corrected chi connectivity index (χ2v) is 17.9. The molecule has 1 rings (SSSR count). The van der Waals surface area contributed by atoms with Crippen LogP contribution in [-0.2, 0) is 23.7 Å². The van der Waals surface area contributed by atoms with E-state index < -0.39 is 80.8 Å². The minimum absolute atomic E-state index is 0.392. The molecular formula is C49H93N3O11. The molecule has 0 aromatic heterocycles. The van der Waals surface area contributed by atoms with Gasteiger partial charge >= 0.3 is 12.2 Å². The number of carbonyl (C=O) groups excluding carboxylic acids is 3. The summed E-state index contributed by atoms with van der Waals surface area (Å²) >= 11 is 0. The molecule has 1 aliphatic heterocycles. The standard InChI is InChI=1S/C49H93N3O11/c1-4-7-9-11-13-15-17-19-21-23-25-27-29-31-33-35-50-47(58)61-39-49(52-42(54)6-3,38-60-46-45(57)44(56)43(55)41(37-53)63-46)40-62-48(59)51-36-34-32-30-28-26-24-22-20-18-16-14-12-10-8-5-2/h6,41,43-46,53,55-57H,3-5,7-40H2,1-2H3,(H,50,58)(H,51,59)(H,52,54)/t41-,43+,44+,45-,46-/m1/s1. The number of hydrogen-bond acceptors (Lipinski definition) is 11. The van der Waals surface area contributed by atoms with Gasteiger partial charge in [0.05, 0.1) is 13.2 Å². The molecule has 0 aromatic carbocycles. The summed E-state index contributed by atoms with van der Waals surface area (Å²) < 4.78 is 22.3. The lowest BCUT2D eigenvalue weighted by molar-refractivity contribution is -0.305. The number of unbranched alkanes of at least 4 members (excludes halogenated alkanes) is 28. The van der Waals surface area contributed by atoms with Crippen LogP contribution in [0.5, 0.6) is 0 Å². The second kappa shape index (κ2) is 39.8. The molecule has 1 fully saturated rings. The maximum atomic E-state index is 12.8. The van der Waals surface area contributed by atoms with Gasteiger partial charge in [-0.05, 0) is 18.9 Å². The number of carbonyl (C=O) groups is 3. The van der Waals surface area contributed by atoms with Gasteiger partial charge in [-0.2, -0.15) is 0 Å². The quantitative estimate of drug-likeness (QED) is 0.0227. The van der Waals surface area contributed by atoms with E-state index in [0.29, 0.717) is 13.1 Å². The number of hydrogen-bond donors (Lipinski definition) is 7. The molecule has 5 atom stereocenters. The highest BCUT2D eigenvalue weighted by Crippen LogP contribution is 2.24. The molecule has 0 spiro atoms. The maximum Gasteiger partial charge on any atom is 0.407 e. The minimum Gasteiger partial charge on any atom is -0.447 e. The van der Waals surface area contributed by atoms with Gasteiger partial charge in [-0.3, -0.25) is 4.79 Å². The van der Waals surface area contributed by atoms with Crippen molar-refractivity contribution in [3.8, 4) is 0 Å². The van der Waals surface area contributed by atoms with Crippen molar-refractivity contribution in [3.05, 3.63) is 12.7 Å². The number of alkyl carbamates (subject to hydrolysis) is 2. The van der Waals surface area contributed by atoms with E-state index in [9.17, 15) is 34.8 Å². The van der Waals surface area contributed by atoms with Gasteiger partial charge in [-0.1, -0.05) is 200 Å². The van der Waals surface area contributed by atoms with Crippen LogP contribution >= 0.6 is 0 Å². The van der Waals surface area contributed by atoms with Crippen LogP contribution in [0, 0.1) is 0 Å². The summed E-state index contributed by atoms with van der Waals surface area (Å²) in [5.41, 5.74) is -1.69. The molecule has 0 aliphatic carbocycles. The Hall–Kier alpha value is -2.49. The van der Waals surface area contributed by atoms with Crippen molar-refractivity contribution in [2.45, 2.75) is 243 Å². The van der Waals surface area contributed by atoms with E-state index in [4.69, 9.17) is 18.9 Å². The Labute approximate surface area is 381 Å². The van der Waals surface area contributed by atoms with Crippen molar-refractivity contribution in [1.29, 1.82) is 0 Å². The van der Waals surface area contributed by atoms with Crippen LogP contribution in [0.4, 0.5) is 9.59 Å². The fraction of sp³-hybridized carbons (Fsp3) is 0.898. The van der Waals surface area contributed by atoms with Gasteiger partial charge in [0, 0.05) is 13.1 Å². The molecule has 3 amide bonds. The Morgan fingerprint density at radius 3 is 1.22 bits per heavy atom. The van der Waals surface area contributed by atoms with Crippen LogP contribution in [0.3, 0.4) is 0 Å². The lowest BCUT2D eigenvalue weighted by Crippen LogP contribution is -2.63. The fourth-order valence-electron chi connectivity index (χ4n) is 7.88. The van der Waals surface area contributed by atoms with Gasteiger partial charge in [0.1, 0.15) is 43.2 Å². The van der Waals surface area contributed by atoms with Crippen LogP contribution in [0.15, 0.2) is 12.7 Å². The molecule has 0 bridgehead atoms. The van der Waals surface area contributed by atoms with Crippen molar-refractivity contribution >= 4 is 18.1 Å². The van der Waals surface area contributed by atoms with Crippen molar-refractivity contribution in [1.82, 2.24) is 16.0 Å². The molecule has 370 valence electrons. The largest absolute Gasteiger partial charge is 0.447 e. The molecular weight excluding hydrogens is 807 g/mol. The van der Waals surface area contributed by atoms with E-state index in [0.717, 1.165) is 57.4 Å². The highest BCUT2D eigenvalue weighted by atomic mass is 16.7. The van der Waals surface area contributed by atoms with Crippen LogP contribution in [0.2, 0.25) is 0 Å². The van der Waals surface area contributed by atoms with E-state index in [1.54, 1.807) is 0 Å². The normalized spacial score (nSPS) is 18.8. The van der Waals surface area contributed by atoms with E-state index in [1.807, 2.05) is 0 Å². The average molecular weight is 900 g/mol. The molecule has 1 aliphatic rings. The molecule has 0 aromatic rings. The maximum absolute atomic E-state index is 12.8. The summed E-state index contributed by atoms with van der Waals surface area (Å²) in [6.45, 7) is 6.55. The van der Waals surface area contributed by atoms with Gasteiger partial charge in [-0.15, -0.1) is 0 Å². The highest BCUT2D eigenvalue weighted by Gasteiger charge is 2.46. The molecule has 14 nitrogen and oxygen atoms in total. The zero-order valence-electron chi connectivity index (χ0n) is 39.8. The van der Waals surface area contributed by atoms with Gasteiger partial charge in [0.2, 0.25) is 5.91 Å². The lowest BCUT2D eigenvalue weighted by atomic mass is 9.99. The Kier molecular flexibility index (Phi) is 37.0. The van der Waals surface area contributed by atoms with Crippen LogP contribution in [0.25, 0.3) is 0 Å². The third-order valence-electron chi connectivity index (χ3n) is 12.0. The summed E-state index contributed by atoms with van der Waals surface area (Å²) in [7, 11) is 0. The Bertz CT molecular complexity index is 1080. The zero-order chi connectivity index (χ0) is 46.2. The predicted octanol–water partition coefficient (Wildman–Crippen LogP) is 9.04. The number of amides is 3. The minimum atomic E-state index is -1.73. The smallest absolute Gasteiger partial charge is 0.407 e. The summed E-state index contributed by atoms with van der Waals surface area (Å²) in [6.07, 6.45) is 28.6. The Morgan fingerprint density at radius 2 is 0.889 bits per heavy atom. The van der Waals surface area contributed by atoms with Gasteiger partial charge in [-0.25, -0.2) is 9.59 Å². The number of rotatable bonds is 42. The molecule has 63 heavy (non-hydrogen) atoms. The molecule has 14 heteroatoms. The number of aliphatic hydroxyl groups excluding tert-OH is 4. The summed E-state index contributed by atoms with van der Waals surface area (Å²) in [5.74, 6) is -0.684. The van der Waals surface area contributed by atoms with Crippen LogP contribution in [0.1, 0.15) is 206 Å². The second-order valence-electron chi connectivity index (χ2n) is 17.9. The SMILES string of the molecule is C=CC(=O)NC(COC(=O)NCCCCCCCCCCCCCCCCC)(COC(=O)NCCCCCCCCCCCCCCCCC)CO[C@@H]1O[C@H](CO)[C@H](O)[C@H](O)[C@H]1O. The predicted molar refractivity (Wildman–Crippen MR) is 249 cm³/mol. The number of aliphatic hydroxyl groups is 4. The molecule has 1 saturated heterocycles. The third-order valence-corrected chi connectivity index (χ3v) is 12.0. The summed E-state index contributed by atoms with van der Waals surface area (Å²) in [4.78, 5) is 38.4. The zero-order valence-corrected chi connectivity index (χ0v) is 39.8. The topological polar surface area (TPSA) is 205 Å². The summed E-state index contributed by atoms with van der Waals surface area (Å²) in [6, 6.07) is 0. The molecule has 0 saturated carbocycles. The first-order valence-corrected chi connectivity index (χ1v) is 25.3. The molecule has 0 unspecified atom stereocenters. The summed E-state index contributed by atoms with van der Waals surface area (Å²) in [5, 5.41) is 48.9. The van der Waals surface area contributed by atoms with Crippen molar-refractivity contribution in [2.75, 3.05) is 39.5 Å². The fourth-order valence-corrected chi connectivity index (χ4v) is 7.88. The van der Waals surface area contributed by atoms with E-state index in [2.05, 4.69) is 36.4 Å². The number of ether oxygens (including phenoxy) is 4. The average Bonchev–Trinajstić information content (AvgIpc) is 3.28. The first-order valence-electron chi connectivity index (χ1n) is 25.3. The highest BCUT2D eigenvalue weighted by molar-refractivity contribution is 5.87. The van der Waals surface area contributed by atoms with Gasteiger partial charge in [0.25, 0.3) is 0 Å². The molecule has 1 heterocycles. The Balaban J connectivity index is 2.56. The van der Waals surface area contributed by atoms with E-state index in [-0.39, 0.29) is 0 Å². The third kappa shape index (κ3) is 30.4. The molecule has 7 N–H and O–H groups in total. The monoisotopic (exact) mass is 900 g/mol. The van der Waals surface area contributed by atoms with Crippen LogP contribution in [-0.4, -0.2) is 114 Å². The van der Waals surface area contributed by atoms with E-state index >= 15 is 0 Å². The van der Waals surface area contributed by atoms with Crippen molar-refractivity contribution < 1.29 is 53.8 Å². The Morgan fingerprint density at radius 1 is 0.540 bits per heavy atom. The molecule has 0 radical (unpaired) electrons. The first kappa shape index (κ1) is 58.5. The van der Waals surface area contributed by atoms with Crippen LogP contribution < -0.4 is 16.0 Å². The van der Waals surface area contributed by atoms with Crippen molar-refractivity contribution in [2.24, 2.45) is 0 Å². The van der Waals surface area contributed by atoms with Gasteiger partial charge in [0.15, 0.2) is 6.29 Å². The van der Waals surface area contributed by atoms with Gasteiger partial charge < -0.3 is 55.3 Å². The number of nitrogens with one attached hydrogen (secondary N) is 3. The first-order chi connectivity index (χ1) is 30.6. The van der Waals surface area contributed by atoms with Crippen molar-refractivity contribution in [3.63, 3.8) is 0 Å². The lowest BCUT2D eigenvalue weighted by Gasteiger charge is -2.41.